The summed E-state index contributed by atoms with van der Waals surface area (Å²) in [4.78, 5) is 21.1. The Kier molecular flexibility index (Phi) is 3.01. The fourth-order valence-corrected chi connectivity index (χ4v) is 0.907. The van der Waals surface area contributed by atoms with E-state index >= 15 is 0 Å². The van der Waals surface area contributed by atoms with Gasteiger partial charge in [0.25, 0.3) is 0 Å². The average molecular weight is 192 g/mol. The van der Waals surface area contributed by atoms with Gasteiger partial charge in [0.15, 0.2) is 0 Å². The molecule has 0 spiro atoms. The van der Waals surface area contributed by atoms with E-state index in [0.717, 1.165) is 0 Å². The van der Waals surface area contributed by atoms with Crippen molar-refractivity contribution >= 4 is 11.9 Å². The van der Waals surface area contributed by atoms with E-state index in [9.17, 15) is 9.59 Å². The summed E-state index contributed by atoms with van der Waals surface area (Å²) in [5.74, 6) is -2.09. The van der Waals surface area contributed by atoms with Crippen LogP contribution in [0.3, 0.4) is 0 Å². The third-order valence-electron chi connectivity index (χ3n) is 1.60. The van der Waals surface area contributed by atoms with Gasteiger partial charge in [-0.1, -0.05) is 12.2 Å². The van der Waals surface area contributed by atoms with Crippen LogP contribution in [0.4, 0.5) is 0 Å². The van der Waals surface area contributed by atoms with Crippen molar-refractivity contribution in [1.82, 2.24) is 0 Å². The molecule has 0 bridgehead atoms. The molecule has 0 radical (unpaired) electrons. The summed E-state index contributed by atoms with van der Waals surface area (Å²) in [5, 5.41) is 17.3. The Balaban J connectivity index is 2.94. The largest absolute Gasteiger partial charge is 0.478 e. The first-order chi connectivity index (χ1) is 6.61. The predicted molar refractivity (Wildman–Crippen MR) is 49.7 cm³/mol. The van der Waals surface area contributed by atoms with E-state index in [1.54, 1.807) is 0 Å². The van der Waals surface area contributed by atoms with Crippen molar-refractivity contribution in [2.75, 3.05) is 0 Å². The first-order valence-corrected chi connectivity index (χ1v) is 3.84. The van der Waals surface area contributed by atoms with Gasteiger partial charge in [-0.05, 0) is 24.3 Å². The third kappa shape index (κ3) is 2.45. The molecular weight excluding hydrogens is 184 g/mol. The van der Waals surface area contributed by atoms with Crippen LogP contribution in [0.2, 0.25) is 0 Å². The summed E-state index contributed by atoms with van der Waals surface area (Å²) in [7, 11) is 0. The first-order valence-electron chi connectivity index (χ1n) is 3.84. The fourth-order valence-electron chi connectivity index (χ4n) is 0.907. The number of carboxylic acid groups (broad SMARTS) is 2. The summed E-state index contributed by atoms with van der Waals surface area (Å²) in [6, 6.07) is 0. The molecule has 0 aromatic rings. The standard InChI is InChI=1S/C10H8O4/c11-9(12)7-3-1-4-8(10(13)14)6-2-5-7/h1-6H,(H,11,12)(H,13,14)/b3-1-,4-1?,5-2?,6-2?,7-3?,7-5+,8-4?,8-6?. The maximum atomic E-state index is 10.5. The minimum atomic E-state index is -1.04. The van der Waals surface area contributed by atoms with Crippen molar-refractivity contribution in [2.45, 2.75) is 0 Å². The highest BCUT2D eigenvalue weighted by atomic mass is 16.4. The molecule has 0 saturated heterocycles. The highest BCUT2D eigenvalue weighted by Gasteiger charge is 2.05. The Hall–Kier alpha value is -2.10. The van der Waals surface area contributed by atoms with Crippen molar-refractivity contribution in [3.63, 3.8) is 0 Å². The van der Waals surface area contributed by atoms with Gasteiger partial charge in [0.1, 0.15) is 0 Å². The van der Waals surface area contributed by atoms with Crippen LogP contribution in [-0.2, 0) is 9.59 Å². The Morgan fingerprint density at radius 2 is 1.21 bits per heavy atom. The molecule has 0 fully saturated rings. The molecule has 0 amide bonds. The van der Waals surface area contributed by atoms with Crippen LogP contribution in [0.1, 0.15) is 0 Å². The first kappa shape index (κ1) is 9.98. The quantitative estimate of drug-likeness (QED) is 0.687. The Bertz CT molecular complexity index is 345. The monoisotopic (exact) mass is 192 g/mol. The smallest absolute Gasteiger partial charge is 0.335 e. The van der Waals surface area contributed by atoms with Gasteiger partial charge in [0, 0.05) is 0 Å². The zero-order chi connectivity index (χ0) is 10.6. The van der Waals surface area contributed by atoms with E-state index in [2.05, 4.69) is 0 Å². The lowest BCUT2D eigenvalue weighted by molar-refractivity contribution is -0.133. The molecule has 0 aromatic heterocycles. The van der Waals surface area contributed by atoms with Crippen LogP contribution in [0, 0.1) is 0 Å². The molecule has 2 N–H and O–H groups in total. The molecule has 0 unspecified atom stereocenters. The highest BCUT2D eigenvalue weighted by Crippen LogP contribution is 2.06. The van der Waals surface area contributed by atoms with Gasteiger partial charge < -0.3 is 10.2 Å². The summed E-state index contributed by atoms with van der Waals surface area (Å²) < 4.78 is 0. The molecule has 72 valence electrons. The lowest BCUT2D eigenvalue weighted by atomic mass is 10.1. The normalized spacial score (nSPS) is 21.1. The zero-order valence-corrected chi connectivity index (χ0v) is 7.18. The van der Waals surface area contributed by atoms with Crippen molar-refractivity contribution < 1.29 is 19.8 Å². The Labute approximate surface area is 80.2 Å². The molecule has 0 atom stereocenters. The molecule has 14 heavy (non-hydrogen) atoms. The van der Waals surface area contributed by atoms with Crippen molar-refractivity contribution in [1.29, 1.82) is 0 Å². The summed E-state index contributed by atoms with van der Waals surface area (Å²) in [6.45, 7) is 0. The summed E-state index contributed by atoms with van der Waals surface area (Å²) >= 11 is 0. The van der Waals surface area contributed by atoms with Crippen LogP contribution < -0.4 is 0 Å². The van der Waals surface area contributed by atoms with Crippen LogP contribution in [0.15, 0.2) is 47.6 Å². The van der Waals surface area contributed by atoms with Gasteiger partial charge in [0.2, 0.25) is 0 Å². The number of hydrogen-bond acceptors (Lipinski definition) is 2. The minimum Gasteiger partial charge on any atom is -0.478 e. The van der Waals surface area contributed by atoms with Crippen LogP contribution in [0.5, 0.6) is 0 Å². The molecule has 4 nitrogen and oxygen atoms in total. The minimum absolute atomic E-state index is 0.113. The van der Waals surface area contributed by atoms with Gasteiger partial charge in [-0.2, -0.15) is 0 Å². The number of carbonyl (C=O) groups is 2. The van der Waals surface area contributed by atoms with Gasteiger partial charge >= 0.3 is 11.9 Å². The number of carboxylic acids is 2. The number of rotatable bonds is 2. The second kappa shape index (κ2) is 4.23. The molecule has 1 aliphatic carbocycles. The zero-order valence-electron chi connectivity index (χ0n) is 7.18. The lowest BCUT2D eigenvalue weighted by Gasteiger charge is -1.96. The summed E-state index contributed by atoms with van der Waals surface area (Å²) in [6.07, 6.45) is 8.16. The topological polar surface area (TPSA) is 74.6 Å². The van der Waals surface area contributed by atoms with Crippen molar-refractivity contribution in [3.05, 3.63) is 47.6 Å². The Morgan fingerprint density at radius 3 is 1.50 bits per heavy atom. The van der Waals surface area contributed by atoms with E-state index in [0.29, 0.717) is 0 Å². The van der Waals surface area contributed by atoms with Gasteiger partial charge in [0.05, 0.1) is 11.1 Å². The second-order valence-electron chi connectivity index (χ2n) is 2.57. The fraction of sp³-hybridized carbons (Fsp3) is 0. The number of hydrogen-bond donors (Lipinski definition) is 2. The molecule has 0 aliphatic heterocycles. The predicted octanol–water partition coefficient (Wildman–Crippen LogP) is 1.13. The number of aliphatic carboxylic acids is 2. The molecular formula is C10H8O4. The van der Waals surface area contributed by atoms with Crippen molar-refractivity contribution in [3.8, 4) is 0 Å². The molecule has 0 saturated carbocycles. The van der Waals surface area contributed by atoms with Crippen LogP contribution in [0.25, 0.3) is 0 Å². The van der Waals surface area contributed by atoms with Gasteiger partial charge in [-0.15, -0.1) is 0 Å². The molecule has 0 heterocycles. The molecule has 1 rings (SSSR count). The SMILES string of the molecule is O=C(O)C1=C/C=C\C(C(=O)O)=C/C=C1. The van der Waals surface area contributed by atoms with E-state index in [-0.39, 0.29) is 11.1 Å². The highest BCUT2D eigenvalue weighted by molar-refractivity contribution is 5.92. The van der Waals surface area contributed by atoms with E-state index in [1.165, 1.54) is 36.5 Å². The second-order valence-corrected chi connectivity index (χ2v) is 2.57. The lowest BCUT2D eigenvalue weighted by Crippen LogP contribution is -2.00. The number of allylic oxidation sites excluding steroid dienone is 4. The van der Waals surface area contributed by atoms with Crippen LogP contribution in [-0.4, -0.2) is 22.2 Å². The summed E-state index contributed by atoms with van der Waals surface area (Å²) in [5.41, 5.74) is 0.226. The van der Waals surface area contributed by atoms with Gasteiger partial charge in [-0.25, -0.2) is 9.59 Å². The maximum Gasteiger partial charge on any atom is 0.335 e. The van der Waals surface area contributed by atoms with E-state index < -0.39 is 11.9 Å². The van der Waals surface area contributed by atoms with Crippen LogP contribution >= 0.6 is 0 Å². The third-order valence-corrected chi connectivity index (χ3v) is 1.60. The molecule has 4 heteroatoms. The van der Waals surface area contributed by atoms with Crippen molar-refractivity contribution in [2.24, 2.45) is 0 Å². The Morgan fingerprint density at radius 1 is 0.857 bits per heavy atom. The average Bonchev–Trinajstić information content (AvgIpc) is 2.01. The van der Waals surface area contributed by atoms with E-state index in [4.69, 9.17) is 10.2 Å². The van der Waals surface area contributed by atoms with E-state index in [1.807, 2.05) is 0 Å². The van der Waals surface area contributed by atoms with Gasteiger partial charge in [-0.3, -0.25) is 0 Å². The molecule has 1 aliphatic rings. The molecule has 0 aromatic carbocycles. The maximum absolute atomic E-state index is 10.5.